The van der Waals surface area contributed by atoms with Crippen molar-refractivity contribution in [3.8, 4) is 0 Å². The lowest BCUT2D eigenvalue weighted by Crippen LogP contribution is -2.56. The van der Waals surface area contributed by atoms with Crippen LogP contribution in [0.2, 0.25) is 0 Å². The van der Waals surface area contributed by atoms with Crippen molar-refractivity contribution in [3.05, 3.63) is 71.3 Å². The van der Waals surface area contributed by atoms with Gasteiger partial charge in [-0.2, -0.15) is 0 Å². The SMILES string of the molecule is CC[C@H](C)[C@H](NC(=O)C(CC(=O)OCc1ccccc1)N1C(=O)c2ccccc2C1=O)C(N)=O. The Morgan fingerprint density at radius 1 is 0.971 bits per heavy atom. The summed E-state index contributed by atoms with van der Waals surface area (Å²) in [5, 5.41) is 2.52. The molecule has 3 rings (SSSR count). The quantitative estimate of drug-likeness (QED) is 0.406. The average Bonchev–Trinajstić information content (AvgIpc) is 3.09. The van der Waals surface area contributed by atoms with Crippen LogP contribution in [0, 0.1) is 5.92 Å². The monoisotopic (exact) mass is 465 g/mol. The van der Waals surface area contributed by atoms with Crippen LogP contribution in [0.5, 0.6) is 0 Å². The number of esters is 1. The summed E-state index contributed by atoms with van der Waals surface area (Å²) in [6, 6.07) is 12.5. The first kappa shape index (κ1) is 24.6. The largest absolute Gasteiger partial charge is 0.461 e. The van der Waals surface area contributed by atoms with E-state index in [0.29, 0.717) is 6.42 Å². The third-order valence-corrected chi connectivity index (χ3v) is 5.86. The molecule has 3 atom stereocenters. The zero-order valence-electron chi connectivity index (χ0n) is 19.0. The molecule has 9 nitrogen and oxygen atoms in total. The van der Waals surface area contributed by atoms with Crippen molar-refractivity contribution < 1.29 is 28.7 Å². The van der Waals surface area contributed by atoms with E-state index >= 15 is 0 Å². The first-order valence-electron chi connectivity index (χ1n) is 11.0. The van der Waals surface area contributed by atoms with Crippen LogP contribution in [0.3, 0.4) is 0 Å². The van der Waals surface area contributed by atoms with Crippen LogP contribution < -0.4 is 11.1 Å². The van der Waals surface area contributed by atoms with E-state index in [2.05, 4.69) is 5.32 Å². The van der Waals surface area contributed by atoms with Gasteiger partial charge in [-0.15, -0.1) is 0 Å². The van der Waals surface area contributed by atoms with Gasteiger partial charge in [-0.25, -0.2) is 0 Å². The molecule has 34 heavy (non-hydrogen) atoms. The fourth-order valence-electron chi connectivity index (χ4n) is 3.73. The Balaban J connectivity index is 1.85. The second-order valence-electron chi connectivity index (χ2n) is 8.17. The Labute approximate surface area is 197 Å². The van der Waals surface area contributed by atoms with Gasteiger partial charge in [-0.3, -0.25) is 28.9 Å². The Kier molecular flexibility index (Phi) is 7.78. The molecule has 3 N–H and O–H groups in total. The molecule has 1 heterocycles. The van der Waals surface area contributed by atoms with Gasteiger partial charge < -0.3 is 15.8 Å². The Morgan fingerprint density at radius 3 is 2.06 bits per heavy atom. The van der Waals surface area contributed by atoms with Gasteiger partial charge in [0.25, 0.3) is 11.8 Å². The number of ether oxygens (including phenoxy) is 1. The highest BCUT2D eigenvalue weighted by Gasteiger charge is 2.44. The van der Waals surface area contributed by atoms with Gasteiger partial charge in [0.1, 0.15) is 18.7 Å². The van der Waals surface area contributed by atoms with Gasteiger partial charge in [0, 0.05) is 0 Å². The van der Waals surface area contributed by atoms with Crippen LogP contribution in [0.1, 0.15) is 53.0 Å². The molecular weight excluding hydrogens is 438 g/mol. The number of primary amides is 1. The van der Waals surface area contributed by atoms with Crippen molar-refractivity contribution in [1.82, 2.24) is 10.2 Å². The van der Waals surface area contributed by atoms with Crippen LogP contribution >= 0.6 is 0 Å². The van der Waals surface area contributed by atoms with Crippen molar-refractivity contribution in [1.29, 1.82) is 0 Å². The van der Waals surface area contributed by atoms with E-state index in [1.54, 1.807) is 43.3 Å². The van der Waals surface area contributed by atoms with Crippen LogP contribution in [-0.2, 0) is 25.7 Å². The van der Waals surface area contributed by atoms with Crippen molar-refractivity contribution in [2.75, 3.05) is 0 Å². The molecule has 4 amide bonds. The lowest BCUT2D eigenvalue weighted by molar-refractivity contribution is -0.148. The van der Waals surface area contributed by atoms with Gasteiger partial charge in [0.05, 0.1) is 17.5 Å². The van der Waals surface area contributed by atoms with Gasteiger partial charge in [0.15, 0.2) is 0 Å². The minimum atomic E-state index is -1.51. The highest BCUT2D eigenvalue weighted by molar-refractivity contribution is 6.23. The van der Waals surface area contributed by atoms with E-state index < -0.39 is 48.1 Å². The Bertz CT molecular complexity index is 1070. The zero-order valence-corrected chi connectivity index (χ0v) is 19.0. The predicted octanol–water partition coefficient (Wildman–Crippen LogP) is 1.80. The lowest BCUT2D eigenvalue weighted by atomic mass is 9.98. The fourth-order valence-corrected chi connectivity index (χ4v) is 3.73. The maximum absolute atomic E-state index is 13.2. The van der Waals surface area contributed by atoms with E-state index in [1.807, 2.05) is 13.0 Å². The minimum absolute atomic E-state index is 0.0348. The second kappa shape index (κ2) is 10.7. The van der Waals surface area contributed by atoms with Gasteiger partial charge in [0.2, 0.25) is 11.8 Å². The molecule has 0 radical (unpaired) electrons. The standard InChI is InChI=1S/C25H27N3O6/c1-3-15(2)21(22(26)30)27-23(31)19(13-20(29)34-14-16-9-5-4-6-10-16)28-24(32)17-11-7-8-12-18(17)25(28)33/h4-12,15,19,21H,3,13-14H2,1-2H3,(H2,26,30)(H,27,31)/t15-,19?,21-/m0/s1. The topological polar surface area (TPSA) is 136 Å². The Hall–Kier alpha value is -4.01. The number of hydrogen-bond donors (Lipinski definition) is 2. The lowest BCUT2D eigenvalue weighted by Gasteiger charge is -2.28. The van der Waals surface area contributed by atoms with E-state index in [9.17, 15) is 24.0 Å². The molecule has 0 fully saturated rings. The molecule has 1 aliphatic heterocycles. The minimum Gasteiger partial charge on any atom is -0.461 e. The second-order valence-corrected chi connectivity index (χ2v) is 8.17. The van der Waals surface area contributed by atoms with E-state index in [-0.39, 0.29) is 23.7 Å². The molecule has 9 heteroatoms. The number of nitrogens with zero attached hydrogens (tertiary/aromatic N) is 1. The number of nitrogens with two attached hydrogens (primary N) is 1. The maximum Gasteiger partial charge on any atom is 0.308 e. The van der Waals surface area contributed by atoms with Crippen molar-refractivity contribution in [2.24, 2.45) is 11.7 Å². The number of benzene rings is 2. The van der Waals surface area contributed by atoms with E-state index in [4.69, 9.17) is 10.5 Å². The molecule has 0 aliphatic carbocycles. The molecule has 0 bridgehead atoms. The molecule has 2 aromatic carbocycles. The van der Waals surface area contributed by atoms with E-state index in [1.165, 1.54) is 12.1 Å². The summed E-state index contributed by atoms with van der Waals surface area (Å²) in [6.07, 6.45) is -0.0270. The molecule has 0 saturated carbocycles. The smallest absolute Gasteiger partial charge is 0.308 e. The number of carbonyl (C=O) groups excluding carboxylic acids is 5. The summed E-state index contributed by atoms with van der Waals surface area (Å²) in [6.45, 7) is 3.53. The van der Waals surface area contributed by atoms with Crippen molar-refractivity contribution in [2.45, 2.75) is 45.4 Å². The van der Waals surface area contributed by atoms with Crippen LogP contribution in [0.15, 0.2) is 54.6 Å². The summed E-state index contributed by atoms with van der Waals surface area (Å²) >= 11 is 0. The number of rotatable bonds is 10. The fraction of sp³-hybridized carbons (Fsp3) is 0.320. The number of amides is 4. The maximum atomic E-state index is 13.2. The number of fused-ring (bicyclic) bond motifs is 1. The van der Waals surface area contributed by atoms with Gasteiger partial charge >= 0.3 is 5.97 Å². The molecule has 0 saturated heterocycles. The third-order valence-electron chi connectivity index (χ3n) is 5.86. The third kappa shape index (κ3) is 5.31. The average molecular weight is 466 g/mol. The van der Waals surface area contributed by atoms with Crippen LogP contribution in [-0.4, -0.2) is 46.6 Å². The normalized spacial score (nSPS) is 15.3. The van der Waals surface area contributed by atoms with Gasteiger partial charge in [-0.1, -0.05) is 62.7 Å². The van der Waals surface area contributed by atoms with Crippen molar-refractivity contribution in [3.63, 3.8) is 0 Å². The van der Waals surface area contributed by atoms with E-state index in [0.717, 1.165) is 10.5 Å². The number of imide groups is 1. The molecule has 1 aliphatic rings. The summed E-state index contributed by atoms with van der Waals surface area (Å²) in [7, 11) is 0. The molecular formula is C25H27N3O6. The zero-order chi connectivity index (χ0) is 24.8. The molecule has 178 valence electrons. The molecule has 1 unspecified atom stereocenters. The summed E-state index contributed by atoms with van der Waals surface area (Å²) in [4.78, 5) is 64.6. The first-order chi connectivity index (χ1) is 16.2. The van der Waals surface area contributed by atoms with Crippen molar-refractivity contribution >= 4 is 29.6 Å². The van der Waals surface area contributed by atoms with Gasteiger partial charge in [-0.05, 0) is 23.6 Å². The van der Waals surface area contributed by atoms with Crippen LogP contribution in [0.25, 0.3) is 0 Å². The highest BCUT2D eigenvalue weighted by Crippen LogP contribution is 2.26. The summed E-state index contributed by atoms with van der Waals surface area (Å²) in [5.41, 5.74) is 6.47. The summed E-state index contributed by atoms with van der Waals surface area (Å²) < 4.78 is 5.28. The summed E-state index contributed by atoms with van der Waals surface area (Å²) in [5.74, 6) is -4.06. The number of nitrogens with one attached hydrogen (secondary N) is 1. The number of hydrogen-bond acceptors (Lipinski definition) is 6. The highest BCUT2D eigenvalue weighted by atomic mass is 16.5. The molecule has 2 aromatic rings. The van der Waals surface area contributed by atoms with Crippen LogP contribution in [0.4, 0.5) is 0 Å². The number of carbonyl (C=O) groups is 5. The Morgan fingerprint density at radius 2 is 1.53 bits per heavy atom. The predicted molar refractivity (Wildman–Crippen MR) is 122 cm³/mol. The molecule has 0 aromatic heterocycles. The first-order valence-corrected chi connectivity index (χ1v) is 11.0. The molecule has 0 spiro atoms.